The molecule has 1 unspecified atom stereocenters. The quantitative estimate of drug-likeness (QED) is 0.380. The predicted molar refractivity (Wildman–Crippen MR) is 106 cm³/mol. The number of hydrogen-bond acceptors (Lipinski definition) is 4. The standard InChI is InChI=1S/C18H14F11NO4S2/c1-16(32,15(31)30-12-3-2-4-14(8-12)36(25,26,27,28)29)9-35(33,34)13-6-10(17(19,20)21)5-11(7-13)18(22,23)24/h2-8,32H,9H2,1H3,(H,30,31). The van der Waals surface area contributed by atoms with Gasteiger partial charge in [0, 0.05) is 5.69 Å². The molecule has 2 rings (SSSR count). The van der Waals surface area contributed by atoms with Crippen molar-refractivity contribution in [1.29, 1.82) is 0 Å². The first kappa shape index (κ1) is 29.6. The van der Waals surface area contributed by atoms with Gasteiger partial charge in [-0.2, -0.15) is 26.3 Å². The van der Waals surface area contributed by atoms with Gasteiger partial charge in [-0.05, 0) is 43.3 Å². The molecule has 0 fully saturated rings. The molecule has 0 heterocycles. The van der Waals surface area contributed by atoms with Crippen molar-refractivity contribution in [3.05, 3.63) is 53.6 Å². The minimum Gasteiger partial charge on any atom is -0.379 e. The summed E-state index contributed by atoms with van der Waals surface area (Å²) in [7, 11) is -15.5. The molecule has 2 aromatic carbocycles. The number of anilines is 1. The van der Waals surface area contributed by atoms with Crippen molar-refractivity contribution in [2.24, 2.45) is 0 Å². The molecule has 5 nitrogen and oxygen atoms in total. The van der Waals surface area contributed by atoms with Gasteiger partial charge in [0.1, 0.15) is 4.90 Å². The molecule has 0 aliphatic heterocycles. The Labute approximate surface area is 195 Å². The highest BCUT2D eigenvalue weighted by atomic mass is 32.5. The maximum Gasteiger partial charge on any atom is 0.416 e. The molecule has 36 heavy (non-hydrogen) atoms. The highest BCUT2D eigenvalue weighted by Crippen LogP contribution is 3.02. The number of hydrogen-bond donors (Lipinski definition) is 2. The number of benzene rings is 2. The second-order valence-corrected chi connectivity index (χ2v) is 12.1. The minimum absolute atomic E-state index is 0.0221. The highest BCUT2D eigenvalue weighted by molar-refractivity contribution is 8.45. The molecule has 1 amide bonds. The predicted octanol–water partition coefficient (Wildman–Crippen LogP) is 6.55. The molecule has 18 heteroatoms. The number of amides is 1. The van der Waals surface area contributed by atoms with E-state index in [1.54, 1.807) is 5.32 Å². The molecule has 2 N–H and O–H groups in total. The van der Waals surface area contributed by atoms with E-state index in [1.807, 2.05) is 0 Å². The van der Waals surface area contributed by atoms with Crippen LogP contribution in [-0.4, -0.2) is 30.8 Å². The summed E-state index contributed by atoms with van der Waals surface area (Å²) >= 11 is 0. The summed E-state index contributed by atoms with van der Waals surface area (Å²) in [4.78, 5) is 8.26. The van der Waals surface area contributed by atoms with E-state index in [0.29, 0.717) is 19.1 Å². The number of sulfone groups is 1. The third-order valence-electron chi connectivity index (χ3n) is 4.42. The molecule has 0 saturated carbocycles. The van der Waals surface area contributed by atoms with Crippen LogP contribution >= 0.6 is 10.2 Å². The molecule has 0 aliphatic rings. The number of nitrogens with one attached hydrogen (secondary N) is 1. The van der Waals surface area contributed by atoms with Crippen LogP contribution in [0.2, 0.25) is 0 Å². The van der Waals surface area contributed by atoms with Crippen LogP contribution in [0.5, 0.6) is 0 Å². The fourth-order valence-corrected chi connectivity index (χ4v) is 5.04. The third kappa shape index (κ3) is 7.22. The zero-order chi connectivity index (χ0) is 28.2. The van der Waals surface area contributed by atoms with E-state index in [-0.39, 0.29) is 30.3 Å². The van der Waals surface area contributed by atoms with Gasteiger partial charge in [0.25, 0.3) is 5.91 Å². The fraction of sp³-hybridized carbons (Fsp3) is 0.278. The normalized spacial score (nSPS) is 17.0. The van der Waals surface area contributed by atoms with Gasteiger partial charge in [-0.15, -0.1) is 0 Å². The highest BCUT2D eigenvalue weighted by Gasteiger charge is 2.65. The molecule has 2 aromatic rings. The van der Waals surface area contributed by atoms with E-state index in [2.05, 4.69) is 0 Å². The van der Waals surface area contributed by atoms with Gasteiger partial charge in [-0.1, -0.05) is 25.5 Å². The van der Waals surface area contributed by atoms with Gasteiger partial charge in [0.05, 0.1) is 21.8 Å². The van der Waals surface area contributed by atoms with Crippen LogP contribution in [0.15, 0.2) is 52.3 Å². The Bertz CT molecular complexity index is 1270. The number of carbonyl (C=O) groups is 1. The SMILES string of the molecule is CC(O)(CS(=O)(=O)c1cc(C(F)(F)F)cc(C(F)(F)F)c1)C(=O)Nc1cccc(S(F)(F)(F)(F)F)c1. The first-order valence-electron chi connectivity index (χ1n) is 9.02. The smallest absolute Gasteiger partial charge is 0.379 e. The van der Waals surface area contributed by atoms with Crippen LogP contribution in [0.1, 0.15) is 18.1 Å². The summed E-state index contributed by atoms with van der Waals surface area (Å²) in [5.74, 6) is -3.64. The molecular formula is C18H14F11NO4S2. The summed E-state index contributed by atoms with van der Waals surface area (Å²) in [6, 6.07) is 0.175. The molecular weight excluding hydrogens is 567 g/mol. The van der Waals surface area contributed by atoms with Crippen LogP contribution in [-0.2, 0) is 27.0 Å². The van der Waals surface area contributed by atoms with Crippen LogP contribution < -0.4 is 5.32 Å². The molecule has 0 spiro atoms. The maximum atomic E-state index is 13.0. The van der Waals surface area contributed by atoms with Crippen molar-refractivity contribution in [2.75, 3.05) is 11.1 Å². The lowest BCUT2D eigenvalue weighted by molar-refractivity contribution is -0.143. The Morgan fingerprint density at radius 2 is 1.36 bits per heavy atom. The number of aliphatic hydroxyl groups is 1. The number of alkyl halides is 6. The largest absolute Gasteiger partial charge is 0.416 e. The average Bonchev–Trinajstić information content (AvgIpc) is 2.64. The summed E-state index contributed by atoms with van der Waals surface area (Å²) < 4.78 is 168. The summed E-state index contributed by atoms with van der Waals surface area (Å²) in [5, 5.41) is 11.8. The molecule has 204 valence electrons. The van der Waals surface area contributed by atoms with E-state index < -0.39 is 76.3 Å². The zero-order valence-corrected chi connectivity index (χ0v) is 19.0. The van der Waals surface area contributed by atoms with Gasteiger partial charge in [0.15, 0.2) is 15.4 Å². The van der Waals surface area contributed by atoms with Gasteiger partial charge in [-0.3, -0.25) is 4.79 Å². The Morgan fingerprint density at radius 3 is 1.78 bits per heavy atom. The van der Waals surface area contributed by atoms with Gasteiger partial charge in [0.2, 0.25) is 0 Å². The second-order valence-electron chi connectivity index (χ2n) is 7.73. The summed E-state index contributed by atoms with van der Waals surface area (Å²) in [6.45, 7) is 0.437. The van der Waals surface area contributed by atoms with Crippen molar-refractivity contribution in [2.45, 2.75) is 34.7 Å². The molecule has 0 aliphatic carbocycles. The van der Waals surface area contributed by atoms with Crippen LogP contribution in [0.4, 0.5) is 51.5 Å². The first-order valence-corrected chi connectivity index (χ1v) is 12.6. The monoisotopic (exact) mass is 581 g/mol. The van der Waals surface area contributed by atoms with Crippen molar-refractivity contribution in [3.8, 4) is 0 Å². The molecule has 0 radical (unpaired) electrons. The van der Waals surface area contributed by atoms with E-state index in [4.69, 9.17) is 0 Å². The van der Waals surface area contributed by atoms with Crippen molar-refractivity contribution < 1.29 is 64.1 Å². The fourth-order valence-electron chi connectivity index (χ4n) is 2.70. The van der Waals surface area contributed by atoms with E-state index >= 15 is 0 Å². The second kappa shape index (κ2) is 7.95. The summed E-state index contributed by atoms with van der Waals surface area (Å²) in [5.41, 5.74) is -8.14. The lowest BCUT2D eigenvalue weighted by Gasteiger charge is -2.40. The molecule has 0 aromatic heterocycles. The van der Waals surface area contributed by atoms with Gasteiger partial charge in [-0.25, -0.2) is 8.42 Å². The topological polar surface area (TPSA) is 83.5 Å². The van der Waals surface area contributed by atoms with Crippen LogP contribution in [0, 0.1) is 0 Å². The molecule has 0 saturated heterocycles. The zero-order valence-electron chi connectivity index (χ0n) is 17.4. The van der Waals surface area contributed by atoms with Crippen molar-refractivity contribution in [3.63, 3.8) is 0 Å². The van der Waals surface area contributed by atoms with E-state index in [0.717, 1.165) is 0 Å². The Morgan fingerprint density at radius 1 is 0.889 bits per heavy atom. The lowest BCUT2D eigenvalue weighted by Crippen LogP contribution is -2.45. The molecule has 0 bridgehead atoms. The third-order valence-corrected chi connectivity index (χ3v) is 7.46. The number of carbonyl (C=O) groups excluding carboxylic acids is 1. The van der Waals surface area contributed by atoms with E-state index in [9.17, 15) is 64.1 Å². The van der Waals surface area contributed by atoms with Crippen molar-refractivity contribution >= 4 is 31.7 Å². The lowest BCUT2D eigenvalue weighted by atomic mass is 10.1. The van der Waals surface area contributed by atoms with Crippen LogP contribution in [0.25, 0.3) is 0 Å². The Kier molecular flexibility index (Phi) is 6.54. The molecule has 1 atom stereocenters. The summed E-state index contributed by atoms with van der Waals surface area (Å²) in [6.07, 6.45) is -10.8. The number of halogens is 11. The van der Waals surface area contributed by atoms with Crippen LogP contribution in [0.3, 0.4) is 0 Å². The average molecular weight is 581 g/mol. The van der Waals surface area contributed by atoms with Gasteiger partial charge >= 0.3 is 22.6 Å². The Hall–Kier alpha value is -2.60. The maximum absolute atomic E-state index is 13.0. The first-order chi connectivity index (χ1) is 15.6. The van der Waals surface area contributed by atoms with Crippen molar-refractivity contribution in [1.82, 2.24) is 0 Å². The van der Waals surface area contributed by atoms with E-state index in [1.165, 1.54) is 0 Å². The Balaban J connectivity index is 2.42. The minimum atomic E-state index is -10.2. The van der Waals surface area contributed by atoms with Gasteiger partial charge < -0.3 is 10.4 Å². The number of rotatable bonds is 6.